The number of quaternary nitrogens is 1. The van der Waals surface area contributed by atoms with Crippen LogP contribution in [-0.4, -0.2) is 38.3 Å². The van der Waals surface area contributed by atoms with Crippen molar-refractivity contribution in [3.8, 4) is 0 Å². The summed E-state index contributed by atoms with van der Waals surface area (Å²) in [5.74, 6) is 1.03. The number of ether oxygens (including phenoxy) is 1. The third-order valence-corrected chi connectivity index (χ3v) is 2.17. The monoisotopic (exact) mass is 226 g/mol. The van der Waals surface area contributed by atoms with Gasteiger partial charge < -0.3 is 9.22 Å². The van der Waals surface area contributed by atoms with E-state index in [0.29, 0.717) is 0 Å². The van der Waals surface area contributed by atoms with Crippen LogP contribution in [0.3, 0.4) is 0 Å². The minimum absolute atomic E-state index is 0.236. The second-order valence-corrected chi connectivity index (χ2v) is 5.60. The molecule has 0 amide bonds. The van der Waals surface area contributed by atoms with Gasteiger partial charge in [-0.25, -0.2) is 0 Å². The minimum Gasteiger partial charge on any atom is -0.489 e. The van der Waals surface area contributed by atoms with Gasteiger partial charge in [-0.15, -0.1) is 0 Å². The molecule has 2 nitrogen and oxygen atoms in total. The Balaban J connectivity index is 4.43. The summed E-state index contributed by atoms with van der Waals surface area (Å²) < 4.78 is 6.88. The van der Waals surface area contributed by atoms with Crippen molar-refractivity contribution < 1.29 is 9.22 Å². The van der Waals surface area contributed by atoms with Gasteiger partial charge >= 0.3 is 0 Å². The molecule has 0 saturated carbocycles. The summed E-state index contributed by atoms with van der Waals surface area (Å²) in [5.41, 5.74) is 1.18. The summed E-state index contributed by atoms with van der Waals surface area (Å²) in [7, 11) is 6.56. The summed E-state index contributed by atoms with van der Waals surface area (Å²) in [6.45, 7) is 11.2. The van der Waals surface area contributed by atoms with Crippen LogP contribution < -0.4 is 0 Å². The summed E-state index contributed by atoms with van der Waals surface area (Å²) >= 11 is 0. The number of nitrogens with zero attached hydrogens (tertiary/aromatic N) is 1. The highest BCUT2D eigenvalue weighted by atomic mass is 16.5. The highest BCUT2D eigenvalue weighted by Gasteiger charge is 2.19. The van der Waals surface area contributed by atoms with Crippen LogP contribution >= 0.6 is 0 Å². The fourth-order valence-electron chi connectivity index (χ4n) is 1.74. The molecule has 0 fully saturated rings. The number of likely N-dealkylation sites (N-methyl/N-ethyl adjacent to an activating group) is 1. The van der Waals surface area contributed by atoms with E-state index in [0.717, 1.165) is 29.6 Å². The number of rotatable bonds is 7. The normalized spacial score (nSPS) is 14.8. The van der Waals surface area contributed by atoms with E-state index in [2.05, 4.69) is 47.6 Å². The van der Waals surface area contributed by atoms with E-state index in [4.69, 9.17) is 4.74 Å². The molecule has 0 aromatic carbocycles. The lowest BCUT2D eigenvalue weighted by Crippen LogP contribution is -2.42. The van der Waals surface area contributed by atoms with E-state index in [1.165, 1.54) is 5.57 Å². The molecular formula is C14H28NO+. The number of hydrogen-bond acceptors (Lipinski definition) is 1. The molecule has 1 atom stereocenters. The van der Waals surface area contributed by atoms with Crippen LogP contribution in [0.2, 0.25) is 0 Å². The van der Waals surface area contributed by atoms with Gasteiger partial charge in [0.2, 0.25) is 0 Å². The van der Waals surface area contributed by atoms with Gasteiger partial charge in [0.1, 0.15) is 6.54 Å². The van der Waals surface area contributed by atoms with Crippen LogP contribution in [0.15, 0.2) is 24.0 Å². The summed E-state index contributed by atoms with van der Waals surface area (Å²) in [5, 5.41) is 0. The van der Waals surface area contributed by atoms with Gasteiger partial charge in [0, 0.05) is 6.42 Å². The molecule has 94 valence electrons. The summed E-state index contributed by atoms with van der Waals surface area (Å²) in [6.07, 6.45) is 4.32. The SMILES string of the molecule is C=C(C)CC(C[N+](C)(C)C)O/C(C)=C/CC. The van der Waals surface area contributed by atoms with E-state index < -0.39 is 0 Å². The van der Waals surface area contributed by atoms with Crippen molar-refractivity contribution in [3.05, 3.63) is 24.0 Å². The highest BCUT2D eigenvalue weighted by Crippen LogP contribution is 2.13. The summed E-state index contributed by atoms with van der Waals surface area (Å²) in [4.78, 5) is 0. The van der Waals surface area contributed by atoms with Crippen molar-refractivity contribution in [3.63, 3.8) is 0 Å². The first kappa shape index (κ1) is 15.2. The molecule has 1 unspecified atom stereocenters. The van der Waals surface area contributed by atoms with E-state index in [-0.39, 0.29) is 6.10 Å². The van der Waals surface area contributed by atoms with Gasteiger partial charge in [0.05, 0.1) is 26.9 Å². The van der Waals surface area contributed by atoms with Gasteiger partial charge in [0.15, 0.2) is 6.10 Å². The van der Waals surface area contributed by atoms with Gasteiger partial charge in [0.25, 0.3) is 0 Å². The molecule has 0 radical (unpaired) electrons. The Morgan fingerprint density at radius 3 is 2.25 bits per heavy atom. The lowest BCUT2D eigenvalue weighted by Gasteiger charge is -2.30. The quantitative estimate of drug-likeness (QED) is 0.367. The molecule has 16 heavy (non-hydrogen) atoms. The third kappa shape index (κ3) is 8.54. The zero-order valence-electron chi connectivity index (χ0n) is 11.8. The largest absolute Gasteiger partial charge is 0.489 e. The lowest BCUT2D eigenvalue weighted by atomic mass is 10.1. The fraction of sp³-hybridized carbons (Fsp3) is 0.714. The van der Waals surface area contributed by atoms with Gasteiger partial charge in [-0.3, -0.25) is 0 Å². The Hall–Kier alpha value is -0.760. The topological polar surface area (TPSA) is 9.23 Å². The van der Waals surface area contributed by atoms with Crippen LogP contribution in [0.4, 0.5) is 0 Å². The standard InChI is InChI=1S/C14H28NO/c1-8-9-13(4)16-14(10-12(2)3)11-15(5,6)7/h9,14H,2,8,10-11H2,1,3-7H3/q+1/b13-9+. The van der Waals surface area contributed by atoms with Crippen molar-refractivity contribution in [2.45, 2.75) is 39.7 Å². The van der Waals surface area contributed by atoms with Gasteiger partial charge in [-0.1, -0.05) is 19.1 Å². The molecule has 0 saturated heterocycles. The molecule has 0 aliphatic carbocycles. The van der Waals surface area contributed by atoms with Gasteiger partial charge in [-0.05, 0) is 26.3 Å². The zero-order valence-corrected chi connectivity index (χ0v) is 11.8. The maximum Gasteiger partial charge on any atom is 0.150 e. The highest BCUT2D eigenvalue weighted by molar-refractivity contribution is 4.94. The minimum atomic E-state index is 0.236. The average Bonchev–Trinajstić information content (AvgIpc) is 1.98. The second kappa shape index (κ2) is 6.74. The fourth-order valence-corrected chi connectivity index (χ4v) is 1.74. The van der Waals surface area contributed by atoms with Crippen LogP contribution in [0.1, 0.15) is 33.6 Å². The first-order valence-corrected chi connectivity index (χ1v) is 6.03. The number of allylic oxidation sites excluding steroid dienone is 2. The molecule has 0 aromatic heterocycles. The van der Waals surface area contributed by atoms with Crippen molar-refractivity contribution >= 4 is 0 Å². The Bertz CT molecular complexity index is 248. The van der Waals surface area contributed by atoms with Crippen molar-refractivity contribution in [1.82, 2.24) is 0 Å². The van der Waals surface area contributed by atoms with E-state index in [1.807, 2.05) is 6.92 Å². The van der Waals surface area contributed by atoms with Crippen LogP contribution in [0.5, 0.6) is 0 Å². The molecule has 0 spiro atoms. The second-order valence-electron chi connectivity index (χ2n) is 5.60. The maximum absolute atomic E-state index is 5.96. The van der Waals surface area contributed by atoms with Crippen LogP contribution in [0, 0.1) is 0 Å². The Morgan fingerprint density at radius 1 is 1.31 bits per heavy atom. The van der Waals surface area contributed by atoms with E-state index in [9.17, 15) is 0 Å². The predicted molar refractivity (Wildman–Crippen MR) is 71.3 cm³/mol. The van der Waals surface area contributed by atoms with Crippen LogP contribution in [-0.2, 0) is 4.74 Å². The first-order valence-electron chi connectivity index (χ1n) is 6.03. The van der Waals surface area contributed by atoms with E-state index >= 15 is 0 Å². The maximum atomic E-state index is 5.96. The lowest BCUT2D eigenvalue weighted by molar-refractivity contribution is -0.873. The van der Waals surface area contributed by atoms with Crippen molar-refractivity contribution in [1.29, 1.82) is 0 Å². The molecule has 0 aliphatic heterocycles. The Labute approximate surface area is 101 Å². The molecule has 2 heteroatoms. The Morgan fingerprint density at radius 2 is 1.88 bits per heavy atom. The molecule has 0 heterocycles. The number of hydrogen-bond donors (Lipinski definition) is 0. The Kier molecular flexibility index (Phi) is 6.42. The smallest absolute Gasteiger partial charge is 0.150 e. The van der Waals surface area contributed by atoms with Gasteiger partial charge in [-0.2, -0.15) is 0 Å². The molecule has 0 aromatic rings. The molecule has 0 aliphatic rings. The molecular weight excluding hydrogens is 198 g/mol. The molecule has 0 N–H and O–H groups in total. The average molecular weight is 226 g/mol. The van der Waals surface area contributed by atoms with Crippen molar-refractivity contribution in [2.75, 3.05) is 27.7 Å². The summed E-state index contributed by atoms with van der Waals surface area (Å²) in [6, 6.07) is 0. The predicted octanol–water partition coefficient (Wildman–Crippen LogP) is 3.36. The molecule has 0 rings (SSSR count). The molecule has 0 bridgehead atoms. The van der Waals surface area contributed by atoms with Crippen LogP contribution in [0.25, 0.3) is 0 Å². The third-order valence-electron chi connectivity index (χ3n) is 2.17. The first-order chi connectivity index (χ1) is 7.24. The van der Waals surface area contributed by atoms with E-state index in [1.54, 1.807) is 0 Å². The zero-order chi connectivity index (χ0) is 12.8. The van der Waals surface area contributed by atoms with Crippen molar-refractivity contribution in [2.24, 2.45) is 0 Å².